The molecule has 9 heteroatoms. The fourth-order valence-electron chi connectivity index (χ4n) is 4.35. The van der Waals surface area contributed by atoms with E-state index in [0.717, 1.165) is 41.9 Å². The number of carbonyl (C=O) groups excluding carboxylic acids is 1. The van der Waals surface area contributed by atoms with Crippen molar-refractivity contribution in [2.75, 3.05) is 17.6 Å². The van der Waals surface area contributed by atoms with E-state index in [1.54, 1.807) is 16.8 Å². The second-order valence-corrected chi connectivity index (χ2v) is 8.96. The molecule has 4 N–H and O–H groups in total. The standard InChI is InChI=1S/C26H33N7O2/c1-3-4-5-18-6-8-20(29-14-18)12-13-28-24-26(35)33-21(16-30-24)9-10-22(33)25(34)31-15-19-7-11-23(27)32-17(19)2/h6-8,11,14,16,22H,3-5,9-10,12-13,15H2,1-2H3,(H2,27,32)(H,28,30)(H,31,34)/t22-/m0/s1. The van der Waals surface area contributed by atoms with Crippen molar-refractivity contribution in [3.05, 3.63) is 75.2 Å². The van der Waals surface area contributed by atoms with E-state index in [0.29, 0.717) is 38.2 Å². The summed E-state index contributed by atoms with van der Waals surface area (Å²) in [6.45, 7) is 4.90. The van der Waals surface area contributed by atoms with Crippen LogP contribution in [0.25, 0.3) is 0 Å². The lowest BCUT2D eigenvalue weighted by molar-refractivity contribution is -0.124. The number of nitrogen functional groups attached to an aromatic ring is 1. The van der Waals surface area contributed by atoms with Gasteiger partial charge in [-0.2, -0.15) is 0 Å². The first-order chi connectivity index (χ1) is 17.0. The monoisotopic (exact) mass is 475 g/mol. The Morgan fingerprint density at radius 1 is 1.17 bits per heavy atom. The molecule has 3 aromatic heterocycles. The number of nitrogens with zero attached hydrogens (tertiary/aromatic N) is 4. The highest BCUT2D eigenvalue weighted by molar-refractivity contribution is 5.81. The van der Waals surface area contributed by atoms with Crippen molar-refractivity contribution in [2.45, 2.75) is 65.0 Å². The lowest BCUT2D eigenvalue weighted by Crippen LogP contribution is -2.36. The average molecular weight is 476 g/mol. The first-order valence-corrected chi connectivity index (χ1v) is 12.2. The van der Waals surface area contributed by atoms with E-state index in [4.69, 9.17) is 5.73 Å². The Labute approximate surface area is 205 Å². The minimum Gasteiger partial charge on any atom is -0.384 e. The third-order valence-electron chi connectivity index (χ3n) is 6.41. The first kappa shape index (κ1) is 24.4. The second-order valence-electron chi connectivity index (χ2n) is 8.96. The molecule has 0 spiro atoms. The van der Waals surface area contributed by atoms with Crippen molar-refractivity contribution in [2.24, 2.45) is 0 Å². The Kier molecular flexibility index (Phi) is 7.74. The Hall–Kier alpha value is -3.75. The molecule has 4 heterocycles. The molecule has 0 unspecified atom stereocenters. The number of aryl methyl sites for hydroxylation is 3. The molecule has 0 aliphatic carbocycles. The van der Waals surface area contributed by atoms with Gasteiger partial charge in [-0.1, -0.05) is 25.5 Å². The predicted molar refractivity (Wildman–Crippen MR) is 136 cm³/mol. The van der Waals surface area contributed by atoms with Gasteiger partial charge >= 0.3 is 0 Å². The molecule has 3 aromatic rings. The molecular formula is C26H33N7O2. The van der Waals surface area contributed by atoms with Crippen LogP contribution in [0, 0.1) is 6.92 Å². The number of hydrogen-bond acceptors (Lipinski definition) is 7. The van der Waals surface area contributed by atoms with Gasteiger partial charge in [-0.25, -0.2) is 9.97 Å². The van der Waals surface area contributed by atoms with E-state index in [9.17, 15) is 9.59 Å². The first-order valence-electron chi connectivity index (χ1n) is 12.2. The van der Waals surface area contributed by atoms with E-state index in [1.165, 1.54) is 5.56 Å². The summed E-state index contributed by atoms with van der Waals surface area (Å²) in [7, 11) is 0. The highest BCUT2D eigenvalue weighted by Gasteiger charge is 2.30. The normalized spacial score (nSPS) is 14.5. The van der Waals surface area contributed by atoms with Crippen molar-refractivity contribution in [1.29, 1.82) is 0 Å². The van der Waals surface area contributed by atoms with Gasteiger partial charge in [-0.3, -0.25) is 19.1 Å². The van der Waals surface area contributed by atoms with Gasteiger partial charge in [0.1, 0.15) is 11.9 Å². The molecule has 0 saturated carbocycles. The van der Waals surface area contributed by atoms with Crippen LogP contribution in [0.4, 0.5) is 11.6 Å². The van der Waals surface area contributed by atoms with Crippen LogP contribution in [0.3, 0.4) is 0 Å². The van der Waals surface area contributed by atoms with Gasteiger partial charge in [0, 0.05) is 49.0 Å². The number of unbranched alkanes of at least 4 members (excludes halogenated alkanes) is 1. The van der Waals surface area contributed by atoms with Gasteiger partial charge in [0.05, 0.1) is 0 Å². The zero-order chi connectivity index (χ0) is 24.8. The lowest BCUT2D eigenvalue weighted by atomic mass is 10.1. The fourth-order valence-corrected chi connectivity index (χ4v) is 4.35. The van der Waals surface area contributed by atoms with Crippen LogP contribution in [-0.2, 0) is 30.6 Å². The molecule has 9 nitrogen and oxygen atoms in total. The van der Waals surface area contributed by atoms with Crippen LogP contribution in [0.1, 0.15) is 60.4 Å². The van der Waals surface area contributed by atoms with E-state index in [1.807, 2.05) is 25.3 Å². The summed E-state index contributed by atoms with van der Waals surface area (Å²) in [4.78, 5) is 39.2. The number of pyridine rings is 2. The molecule has 35 heavy (non-hydrogen) atoms. The zero-order valence-electron chi connectivity index (χ0n) is 20.4. The topological polar surface area (TPSA) is 128 Å². The molecule has 0 fully saturated rings. The van der Waals surface area contributed by atoms with Gasteiger partial charge < -0.3 is 16.4 Å². The molecule has 0 saturated heterocycles. The number of carbonyl (C=O) groups is 1. The summed E-state index contributed by atoms with van der Waals surface area (Å²) in [6, 6.07) is 7.16. The number of amides is 1. The van der Waals surface area contributed by atoms with Crippen LogP contribution in [0.2, 0.25) is 0 Å². The number of fused-ring (bicyclic) bond motifs is 1. The van der Waals surface area contributed by atoms with E-state index in [2.05, 4.69) is 38.6 Å². The Balaban J connectivity index is 1.37. The van der Waals surface area contributed by atoms with Crippen LogP contribution in [-0.4, -0.2) is 32.0 Å². The van der Waals surface area contributed by atoms with Gasteiger partial charge in [0.2, 0.25) is 5.91 Å². The molecule has 184 valence electrons. The van der Waals surface area contributed by atoms with Gasteiger partial charge in [0.15, 0.2) is 5.82 Å². The van der Waals surface area contributed by atoms with Crippen molar-refractivity contribution < 1.29 is 4.79 Å². The molecular weight excluding hydrogens is 442 g/mol. The molecule has 1 amide bonds. The number of nitrogens with one attached hydrogen (secondary N) is 2. The summed E-state index contributed by atoms with van der Waals surface area (Å²) >= 11 is 0. The number of rotatable bonds is 10. The third kappa shape index (κ3) is 5.85. The minimum absolute atomic E-state index is 0.188. The van der Waals surface area contributed by atoms with Crippen molar-refractivity contribution in [3.8, 4) is 0 Å². The molecule has 1 aliphatic rings. The fraction of sp³-hybridized carbons (Fsp3) is 0.423. The molecule has 4 rings (SSSR count). The zero-order valence-corrected chi connectivity index (χ0v) is 20.4. The van der Waals surface area contributed by atoms with Gasteiger partial charge in [0.25, 0.3) is 5.56 Å². The van der Waals surface area contributed by atoms with E-state index < -0.39 is 6.04 Å². The number of hydrogen-bond donors (Lipinski definition) is 3. The van der Waals surface area contributed by atoms with Crippen LogP contribution < -0.4 is 21.9 Å². The highest BCUT2D eigenvalue weighted by Crippen LogP contribution is 2.24. The Bertz CT molecular complexity index is 1240. The number of nitrogens with two attached hydrogens (primary N) is 1. The lowest BCUT2D eigenvalue weighted by Gasteiger charge is -2.16. The van der Waals surface area contributed by atoms with Crippen molar-refractivity contribution >= 4 is 17.5 Å². The van der Waals surface area contributed by atoms with Gasteiger partial charge in [-0.05, 0) is 55.9 Å². The van der Waals surface area contributed by atoms with Crippen molar-refractivity contribution in [1.82, 2.24) is 24.8 Å². The van der Waals surface area contributed by atoms with Crippen LogP contribution in [0.15, 0.2) is 41.5 Å². The summed E-state index contributed by atoms with van der Waals surface area (Å²) in [6.07, 6.45) is 8.87. The van der Waals surface area contributed by atoms with Gasteiger partial charge in [-0.15, -0.1) is 0 Å². The summed E-state index contributed by atoms with van der Waals surface area (Å²) in [5.41, 5.74) is 10.1. The third-order valence-corrected chi connectivity index (χ3v) is 6.41. The minimum atomic E-state index is -0.555. The average Bonchev–Trinajstić information content (AvgIpc) is 3.29. The maximum atomic E-state index is 13.1. The predicted octanol–water partition coefficient (Wildman–Crippen LogP) is 2.72. The van der Waals surface area contributed by atoms with Crippen molar-refractivity contribution in [3.63, 3.8) is 0 Å². The van der Waals surface area contributed by atoms with E-state index >= 15 is 0 Å². The Morgan fingerprint density at radius 2 is 2.03 bits per heavy atom. The van der Waals surface area contributed by atoms with Crippen LogP contribution in [0.5, 0.6) is 0 Å². The highest BCUT2D eigenvalue weighted by atomic mass is 16.2. The largest absolute Gasteiger partial charge is 0.384 e. The van der Waals surface area contributed by atoms with E-state index in [-0.39, 0.29) is 17.3 Å². The maximum absolute atomic E-state index is 13.1. The molecule has 1 aliphatic heterocycles. The molecule has 0 aromatic carbocycles. The smallest absolute Gasteiger partial charge is 0.294 e. The second kappa shape index (κ2) is 11.1. The van der Waals surface area contributed by atoms with Crippen LogP contribution >= 0.6 is 0 Å². The number of aromatic nitrogens is 4. The Morgan fingerprint density at radius 3 is 2.77 bits per heavy atom. The summed E-state index contributed by atoms with van der Waals surface area (Å²) in [5, 5.41) is 6.08. The quantitative estimate of drug-likeness (QED) is 0.411. The number of anilines is 2. The molecule has 1 atom stereocenters. The molecule has 0 radical (unpaired) electrons. The maximum Gasteiger partial charge on any atom is 0.294 e. The molecule has 0 bridgehead atoms. The SMILES string of the molecule is CCCCc1ccc(CCNc2ncc3n(c2=O)[C@H](C(=O)NCc2ccc(N)nc2C)CC3)nc1. The summed E-state index contributed by atoms with van der Waals surface area (Å²) in [5.74, 6) is 0.513. The summed E-state index contributed by atoms with van der Waals surface area (Å²) < 4.78 is 1.57.